The van der Waals surface area contributed by atoms with Gasteiger partial charge in [-0.25, -0.2) is 0 Å². The van der Waals surface area contributed by atoms with Gasteiger partial charge in [0.1, 0.15) is 0 Å². The number of nitrogens with two attached hydrogens (primary N) is 1. The van der Waals surface area contributed by atoms with Gasteiger partial charge in [0.2, 0.25) is 5.91 Å². The predicted octanol–water partition coefficient (Wildman–Crippen LogP) is 1.49. The molecule has 0 aromatic carbocycles. The molecule has 0 bridgehead atoms. The van der Waals surface area contributed by atoms with E-state index >= 15 is 0 Å². The first-order valence-corrected chi connectivity index (χ1v) is 4.96. The van der Waals surface area contributed by atoms with Crippen LogP contribution in [0.1, 0.15) is 19.5 Å². The first kappa shape index (κ1) is 14.7. The molecule has 1 amide bonds. The van der Waals surface area contributed by atoms with Crippen molar-refractivity contribution in [2.75, 3.05) is 12.8 Å². The zero-order valence-electron chi connectivity index (χ0n) is 9.80. The molecule has 1 rings (SSSR count). The van der Waals surface area contributed by atoms with E-state index in [1.165, 1.54) is 0 Å². The van der Waals surface area contributed by atoms with Gasteiger partial charge in [0.05, 0.1) is 18.3 Å². The summed E-state index contributed by atoms with van der Waals surface area (Å²) in [6, 6.07) is 3.75. The molecule has 16 heavy (non-hydrogen) atoms. The molecule has 90 valence electrons. The normalized spacial score (nSPS) is 9.75. The Hall–Kier alpha value is -1.29. The highest BCUT2D eigenvalue weighted by atomic mass is 35.5. The summed E-state index contributed by atoms with van der Waals surface area (Å²) in [4.78, 5) is 17.5. The Bertz CT molecular complexity index is 338. The molecule has 4 nitrogen and oxygen atoms in total. The molecular formula is C11H18ClN3O. The SMILES string of the molecule is CC(C)N(C)C(=O)Cc1ccc(N)cn1.Cl. The van der Waals surface area contributed by atoms with Crippen LogP contribution in [0.25, 0.3) is 0 Å². The summed E-state index contributed by atoms with van der Waals surface area (Å²) in [6.07, 6.45) is 1.90. The number of aromatic nitrogens is 1. The zero-order chi connectivity index (χ0) is 11.4. The Morgan fingerprint density at radius 1 is 1.50 bits per heavy atom. The van der Waals surface area contributed by atoms with Gasteiger partial charge in [0, 0.05) is 18.8 Å². The molecule has 0 aliphatic heterocycles. The lowest BCUT2D eigenvalue weighted by Gasteiger charge is -2.21. The third-order valence-electron chi connectivity index (χ3n) is 2.35. The Balaban J connectivity index is 0.00000225. The second kappa shape index (κ2) is 6.33. The summed E-state index contributed by atoms with van der Waals surface area (Å²) < 4.78 is 0. The van der Waals surface area contributed by atoms with Crippen LogP contribution in [-0.2, 0) is 11.2 Å². The number of nitrogens with zero attached hydrogens (tertiary/aromatic N) is 2. The first-order chi connectivity index (χ1) is 7.00. The van der Waals surface area contributed by atoms with Crippen molar-refractivity contribution in [1.29, 1.82) is 0 Å². The molecule has 5 heteroatoms. The van der Waals surface area contributed by atoms with Crippen LogP contribution >= 0.6 is 12.4 Å². The van der Waals surface area contributed by atoms with E-state index in [1.807, 2.05) is 13.8 Å². The van der Waals surface area contributed by atoms with Gasteiger partial charge in [0.15, 0.2) is 0 Å². The van der Waals surface area contributed by atoms with Crippen molar-refractivity contribution in [2.24, 2.45) is 0 Å². The molecule has 0 aliphatic rings. The van der Waals surface area contributed by atoms with Crippen LogP contribution in [0.15, 0.2) is 18.3 Å². The number of likely N-dealkylation sites (N-methyl/N-ethyl adjacent to an activating group) is 1. The van der Waals surface area contributed by atoms with Crippen molar-refractivity contribution in [2.45, 2.75) is 26.3 Å². The highest BCUT2D eigenvalue weighted by Gasteiger charge is 2.12. The lowest BCUT2D eigenvalue weighted by Crippen LogP contribution is -2.34. The fourth-order valence-corrected chi connectivity index (χ4v) is 1.11. The van der Waals surface area contributed by atoms with Gasteiger partial charge >= 0.3 is 0 Å². The average Bonchev–Trinajstić information content (AvgIpc) is 2.20. The van der Waals surface area contributed by atoms with Crippen LogP contribution in [0.4, 0.5) is 5.69 Å². The number of carbonyl (C=O) groups is 1. The highest BCUT2D eigenvalue weighted by molar-refractivity contribution is 5.85. The molecule has 1 aromatic rings. The molecule has 0 atom stereocenters. The summed E-state index contributed by atoms with van der Waals surface area (Å²) in [5.74, 6) is 0.0715. The molecule has 0 saturated heterocycles. The summed E-state index contributed by atoms with van der Waals surface area (Å²) in [7, 11) is 1.80. The van der Waals surface area contributed by atoms with Gasteiger partial charge in [-0.15, -0.1) is 12.4 Å². The minimum atomic E-state index is 0. The number of amides is 1. The number of hydrogen-bond donors (Lipinski definition) is 1. The standard InChI is InChI=1S/C11H17N3O.ClH/c1-8(2)14(3)11(15)6-10-5-4-9(12)7-13-10;/h4-5,7-8H,6,12H2,1-3H3;1H. The molecule has 0 saturated carbocycles. The summed E-state index contributed by atoms with van der Waals surface area (Å²) >= 11 is 0. The van der Waals surface area contributed by atoms with Crippen LogP contribution in [0.5, 0.6) is 0 Å². The monoisotopic (exact) mass is 243 g/mol. The summed E-state index contributed by atoms with van der Waals surface area (Å²) in [5, 5.41) is 0. The van der Waals surface area contributed by atoms with E-state index in [2.05, 4.69) is 4.98 Å². The van der Waals surface area contributed by atoms with Crippen molar-refractivity contribution in [3.05, 3.63) is 24.0 Å². The molecular weight excluding hydrogens is 226 g/mol. The average molecular weight is 244 g/mol. The Morgan fingerprint density at radius 3 is 2.56 bits per heavy atom. The van der Waals surface area contributed by atoms with Crippen molar-refractivity contribution in [3.8, 4) is 0 Å². The lowest BCUT2D eigenvalue weighted by molar-refractivity contribution is -0.130. The maximum atomic E-state index is 11.7. The van der Waals surface area contributed by atoms with Gasteiger partial charge in [0.25, 0.3) is 0 Å². The molecule has 0 unspecified atom stereocenters. The van der Waals surface area contributed by atoms with Crippen molar-refractivity contribution < 1.29 is 4.79 Å². The zero-order valence-corrected chi connectivity index (χ0v) is 10.6. The van der Waals surface area contributed by atoms with Gasteiger partial charge < -0.3 is 10.6 Å². The van der Waals surface area contributed by atoms with E-state index in [0.717, 1.165) is 5.69 Å². The van der Waals surface area contributed by atoms with Crippen molar-refractivity contribution >= 4 is 24.0 Å². The van der Waals surface area contributed by atoms with E-state index in [0.29, 0.717) is 12.1 Å². The molecule has 2 N–H and O–H groups in total. The second-order valence-electron chi connectivity index (χ2n) is 3.86. The number of anilines is 1. The molecule has 0 radical (unpaired) electrons. The lowest BCUT2D eigenvalue weighted by atomic mass is 10.2. The minimum Gasteiger partial charge on any atom is -0.397 e. The van der Waals surface area contributed by atoms with Gasteiger partial charge in [-0.3, -0.25) is 9.78 Å². The number of halogens is 1. The maximum Gasteiger partial charge on any atom is 0.228 e. The topological polar surface area (TPSA) is 59.2 Å². The fraction of sp³-hybridized carbons (Fsp3) is 0.455. The highest BCUT2D eigenvalue weighted by Crippen LogP contribution is 2.04. The van der Waals surface area contributed by atoms with Crippen LogP contribution in [0.2, 0.25) is 0 Å². The van der Waals surface area contributed by atoms with Crippen molar-refractivity contribution in [3.63, 3.8) is 0 Å². The van der Waals surface area contributed by atoms with Gasteiger partial charge in [-0.2, -0.15) is 0 Å². The number of nitrogen functional groups attached to an aromatic ring is 1. The van der Waals surface area contributed by atoms with E-state index in [1.54, 1.807) is 30.3 Å². The Morgan fingerprint density at radius 2 is 2.12 bits per heavy atom. The van der Waals surface area contributed by atoms with E-state index < -0.39 is 0 Å². The number of carbonyl (C=O) groups excluding carboxylic acids is 1. The largest absolute Gasteiger partial charge is 0.397 e. The van der Waals surface area contributed by atoms with Gasteiger partial charge in [-0.05, 0) is 26.0 Å². The number of rotatable bonds is 3. The van der Waals surface area contributed by atoms with Crippen molar-refractivity contribution in [1.82, 2.24) is 9.88 Å². The first-order valence-electron chi connectivity index (χ1n) is 4.96. The molecule has 0 fully saturated rings. The molecule has 1 aromatic heterocycles. The Kier molecular flexibility index (Phi) is 5.82. The summed E-state index contributed by atoms with van der Waals surface area (Å²) in [5.41, 5.74) is 6.87. The minimum absolute atomic E-state index is 0. The maximum absolute atomic E-state index is 11.7. The quantitative estimate of drug-likeness (QED) is 0.875. The van der Waals surface area contributed by atoms with E-state index in [-0.39, 0.29) is 24.4 Å². The van der Waals surface area contributed by atoms with Crippen LogP contribution in [0, 0.1) is 0 Å². The smallest absolute Gasteiger partial charge is 0.228 e. The third kappa shape index (κ3) is 4.06. The molecule has 0 aliphatic carbocycles. The van der Waals surface area contributed by atoms with E-state index in [9.17, 15) is 4.79 Å². The summed E-state index contributed by atoms with van der Waals surface area (Å²) in [6.45, 7) is 3.96. The number of hydrogen-bond acceptors (Lipinski definition) is 3. The van der Waals surface area contributed by atoms with Gasteiger partial charge in [-0.1, -0.05) is 0 Å². The predicted molar refractivity (Wildman–Crippen MR) is 67.5 cm³/mol. The van der Waals surface area contributed by atoms with Crippen LogP contribution in [-0.4, -0.2) is 28.9 Å². The van der Waals surface area contributed by atoms with E-state index in [4.69, 9.17) is 5.73 Å². The van der Waals surface area contributed by atoms with Crippen LogP contribution in [0.3, 0.4) is 0 Å². The Labute approximate surface area is 102 Å². The second-order valence-corrected chi connectivity index (χ2v) is 3.86. The molecule has 1 heterocycles. The van der Waals surface area contributed by atoms with Crippen LogP contribution < -0.4 is 5.73 Å². The molecule has 0 spiro atoms. The fourth-order valence-electron chi connectivity index (χ4n) is 1.11. The number of pyridine rings is 1. The third-order valence-corrected chi connectivity index (χ3v) is 2.35.